The minimum absolute atomic E-state index is 0.111. The fourth-order valence-electron chi connectivity index (χ4n) is 1.73. The smallest absolute Gasteiger partial charge is 0.406 e. The average Bonchev–Trinajstić information content (AvgIpc) is 2.20. The Kier molecular flexibility index (Phi) is 5.02. The van der Waals surface area contributed by atoms with Crippen LogP contribution in [-0.4, -0.2) is 12.4 Å². The zero-order valence-corrected chi connectivity index (χ0v) is 10.6. The number of nitrogens with two attached hydrogens (primary N) is 1. The molecule has 2 nitrogen and oxygen atoms in total. The van der Waals surface area contributed by atoms with E-state index in [4.69, 9.17) is 5.73 Å². The lowest BCUT2D eigenvalue weighted by Crippen LogP contribution is -2.17. The Morgan fingerprint density at radius 1 is 1.33 bits per heavy atom. The lowest BCUT2D eigenvalue weighted by molar-refractivity contribution is -0.274. The molecule has 0 radical (unpaired) electrons. The van der Waals surface area contributed by atoms with Crippen LogP contribution in [-0.2, 0) is 6.42 Å². The van der Waals surface area contributed by atoms with Crippen LogP contribution in [0.5, 0.6) is 5.75 Å². The predicted octanol–water partition coefficient (Wildman–Crippen LogP) is 3.56. The van der Waals surface area contributed by atoms with E-state index < -0.39 is 6.36 Å². The maximum atomic E-state index is 12.1. The Labute approximate surface area is 105 Å². The van der Waals surface area contributed by atoms with Crippen molar-refractivity contribution in [1.82, 2.24) is 0 Å². The third-order valence-electron chi connectivity index (χ3n) is 2.66. The monoisotopic (exact) mass is 261 g/mol. The van der Waals surface area contributed by atoms with Gasteiger partial charge in [-0.25, -0.2) is 0 Å². The van der Waals surface area contributed by atoms with E-state index in [0.717, 1.165) is 24.0 Å². The fourth-order valence-corrected chi connectivity index (χ4v) is 1.73. The largest absolute Gasteiger partial charge is 0.573 e. The topological polar surface area (TPSA) is 35.2 Å². The first-order valence-electron chi connectivity index (χ1n) is 5.89. The van der Waals surface area contributed by atoms with Crippen molar-refractivity contribution >= 4 is 0 Å². The van der Waals surface area contributed by atoms with Gasteiger partial charge in [-0.2, -0.15) is 0 Å². The summed E-state index contributed by atoms with van der Waals surface area (Å²) in [7, 11) is 0. The maximum Gasteiger partial charge on any atom is 0.573 e. The number of aryl methyl sites for hydroxylation is 2. The molecule has 1 unspecified atom stereocenters. The van der Waals surface area contributed by atoms with E-state index in [9.17, 15) is 13.2 Å². The Bertz CT molecular complexity index is 388. The highest BCUT2D eigenvalue weighted by molar-refractivity contribution is 5.35. The van der Waals surface area contributed by atoms with Crippen molar-refractivity contribution in [3.63, 3.8) is 0 Å². The summed E-state index contributed by atoms with van der Waals surface area (Å²) in [4.78, 5) is 0. The van der Waals surface area contributed by atoms with Crippen molar-refractivity contribution in [2.75, 3.05) is 0 Å². The summed E-state index contributed by atoms with van der Waals surface area (Å²) in [5, 5.41) is 0. The molecule has 0 saturated heterocycles. The highest BCUT2D eigenvalue weighted by Gasteiger charge is 2.31. The normalized spacial score (nSPS) is 13.4. The Morgan fingerprint density at radius 3 is 2.56 bits per heavy atom. The third kappa shape index (κ3) is 5.40. The number of halogens is 3. The molecule has 5 heteroatoms. The van der Waals surface area contributed by atoms with Crippen molar-refractivity contribution in [2.24, 2.45) is 5.73 Å². The molecular formula is C13H18F3NO. The van der Waals surface area contributed by atoms with E-state index >= 15 is 0 Å². The second-order valence-corrected chi connectivity index (χ2v) is 4.51. The van der Waals surface area contributed by atoms with E-state index in [2.05, 4.69) is 4.74 Å². The molecule has 0 spiro atoms. The van der Waals surface area contributed by atoms with Crippen LogP contribution in [0.2, 0.25) is 0 Å². The summed E-state index contributed by atoms with van der Waals surface area (Å²) in [5.74, 6) is -0.163. The van der Waals surface area contributed by atoms with E-state index in [1.54, 1.807) is 6.07 Å². The number of hydrogen-bond acceptors (Lipinski definition) is 2. The molecule has 2 N–H and O–H groups in total. The quantitative estimate of drug-likeness (QED) is 0.879. The first kappa shape index (κ1) is 14.8. The van der Waals surface area contributed by atoms with Crippen LogP contribution < -0.4 is 10.5 Å². The molecule has 0 saturated carbocycles. The number of ether oxygens (including phenoxy) is 1. The van der Waals surface area contributed by atoms with Gasteiger partial charge in [-0.1, -0.05) is 6.07 Å². The van der Waals surface area contributed by atoms with Gasteiger partial charge >= 0.3 is 6.36 Å². The van der Waals surface area contributed by atoms with Gasteiger partial charge in [0, 0.05) is 6.04 Å². The molecule has 1 aromatic rings. The highest BCUT2D eigenvalue weighted by atomic mass is 19.4. The molecule has 1 aromatic carbocycles. The van der Waals surface area contributed by atoms with Crippen LogP contribution >= 0.6 is 0 Å². The molecule has 102 valence electrons. The third-order valence-corrected chi connectivity index (χ3v) is 2.66. The van der Waals surface area contributed by atoms with Gasteiger partial charge in [0.1, 0.15) is 5.75 Å². The zero-order chi connectivity index (χ0) is 13.8. The van der Waals surface area contributed by atoms with Crippen LogP contribution in [0, 0.1) is 6.92 Å². The first-order chi connectivity index (χ1) is 8.28. The van der Waals surface area contributed by atoms with Crippen molar-refractivity contribution in [2.45, 2.75) is 45.5 Å². The van der Waals surface area contributed by atoms with Gasteiger partial charge in [-0.05, 0) is 56.4 Å². The molecule has 18 heavy (non-hydrogen) atoms. The molecule has 0 aliphatic rings. The first-order valence-corrected chi connectivity index (χ1v) is 5.89. The van der Waals surface area contributed by atoms with Crippen LogP contribution in [0.1, 0.15) is 30.9 Å². The minimum Gasteiger partial charge on any atom is -0.406 e. The second kappa shape index (κ2) is 6.09. The molecule has 0 amide bonds. The highest BCUT2D eigenvalue weighted by Crippen LogP contribution is 2.25. The number of rotatable bonds is 5. The summed E-state index contributed by atoms with van der Waals surface area (Å²) in [6.45, 7) is 3.79. The Hall–Kier alpha value is -1.23. The van der Waals surface area contributed by atoms with Crippen molar-refractivity contribution in [1.29, 1.82) is 0 Å². The van der Waals surface area contributed by atoms with Gasteiger partial charge in [-0.15, -0.1) is 13.2 Å². The zero-order valence-electron chi connectivity index (χ0n) is 10.6. The van der Waals surface area contributed by atoms with Crippen LogP contribution in [0.15, 0.2) is 18.2 Å². The van der Waals surface area contributed by atoms with Gasteiger partial charge in [-0.3, -0.25) is 0 Å². The van der Waals surface area contributed by atoms with E-state index in [0.29, 0.717) is 6.42 Å². The second-order valence-electron chi connectivity index (χ2n) is 4.51. The summed E-state index contributed by atoms with van der Waals surface area (Å²) >= 11 is 0. The fraction of sp³-hybridized carbons (Fsp3) is 0.538. The summed E-state index contributed by atoms with van der Waals surface area (Å²) in [6, 6.07) is 4.53. The SMILES string of the molecule is Cc1ccc(OC(F)(F)F)cc1CCCC(C)N. The molecular weight excluding hydrogens is 243 g/mol. The Balaban J connectivity index is 2.69. The van der Waals surface area contributed by atoms with Crippen LogP contribution in [0.25, 0.3) is 0 Å². The summed E-state index contributed by atoms with van der Waals surface area (Å²) < 4.78 is 40.2. The van der Waals surface area contributed by atoms with Gasteiger partial charge in [0.25, 0.3) is 0 Å². The molecule has 0 aliphatic carbocycles. The molecule has 1 rings (SSSR count). The van der Waals surface area contributed by atoms with Gasteiger partial charge < -0.3 is 10.5 Å². The van der Waals surface area contributed by atoms with Gasteiger partial charge in [0.15, 0.2) is 0 Å². The van der Waals surface area contributed by atoms with Crippen LogP contribution in [0.3, 0.4) is 0 Å². The molecule has 0 bridgehead atoms. The van der Waals surface area contributed by atoms with Crippen LogP contribution in [0.4, 0.5) is 13.2 Å². The number of hydrogen-bond donors (Lipinski definition) is 1. The number of benzene rings is 1. The minimum atomic E-state index is -4.64. The summed E-state index contributed by atoms with van der Waals surface area (Å²) in [6.07, 6.45) is -2.22. The van der Waals surface area contributed by atoms with E-state index in [-0.39, 0.29) is 11.8 Å². The molecule has 1 atom stereocenters. The lowest BCUT2D eigenvalue weighted by Gasteiger charge is -2.12. The van der Waals surface area contributed by atoms with Crippen molar-refractivity contribution in [3.05, 3.63) is 29.3 Å². The van der Waals surface area contributed by atoms with E-state index in [1.165, 1.54) is 12.1 Å². The number of alkyl halides is 3. The maximum absolute atomic E-state index is 12.1. The molecule has 0 aromatic heterocycles. The molecule has 0 heterocycles. The standard InChI is InChI=1S/C13H18F3NO/c1-9-6-7-12(18-13(14,15)16)8-11(9)5-3-4-10(2)17/h6-8,10H,3-5,17H2,1-2H3. The molecule has 0 aliphatic heterocycles. The predicted molar refractivity (Wildman–Crippen MR) is 64.4 cm³/mol. The van der Waals surface area contributed by atoms with Crippen molar-refractivity contribution in [3.8, 4) is 5.75 Å². The molecule has 0 fully saturated rings. The van der Waals surface area contributed by atoms with Gasteiger partial charge in [0.05, 0.1) is 0 Å². The van der Waals surface area contributed by atoms with E-state index in [1.807, 2.05) is 13.8 Å². The van der Waals surface area contributed by atoms with Gasteiger partial charge in [0.2, 0.25) is 0 Å². The van der Waals surface area contributed by atoms with Crippen molar-refractivity contribution < 1.29 is 17.9 Å². The lowest BCUT2D eigenvalue weighted by atomic mass is 10.0. The average molecular weight is 261 g/mol. The Morgan fingerprint density at radius 2 is 2.00 bits per heavy atom. The summed E-state index contributed by atoms with van der Waals surface area (Å²) in [5.41, 5.74) is 7.47.